The summed E-state index contributed by atoms with van der Waals surface area (Å²) in [6.45, 7) is 3.45. The Kier molecular flexibility index (Phi) is 4.37. The minimum Gasteiger partial charge on any atom is -0.391 e. The Bertz CT molecular complexity index is 470. The van der Waals surface area contributed by atoms with E-state index in [4.69, 9.17) is 22.7 Å². The zero-order chi connectivity index (χ0) is 13.3. The number of halogens is 1. The number of amides is 1. The highest BCUT2D eigenvalue weighted by atomic mass is 79.9. The molecule has 98 valence electrons. The predicted molar refractivity (Wildman–Crippen MR) is 79.2 cm³/mol. The first-order chi connectivity index (χ1) is 8.49. The summed E-state index contributed by atoms with van der Waals surface area (Å²) in [6.07, 6.45) is -0.331. The van der Waals surface area contributed by atoms with Crippen molar-refractivity contribution in [2.75, 3.05) is 19.7 Å². The Morgan fingerprint density at radius 2 is 2.44 bits per heavy atom. The van der Waals surface area contributed by atoms with Crippen LogP contribution in [-0.2, 0) is 4.74 Å². The van der Waals surface area contributed by atoms with Crippen LogP contribution < -0.4 is 5.73 Å². The number of hydrogen-bond donors (Lipinski definition) is 1. The fourth-order valence-electron chi connectivity index (χ4n) is 1.73. The van der Waals surface area contributed by atoms with Crippen LogP contribution in [0.3, 0.4) is 0 Å². The van der Waals surface area contributed by atoms with Crippen molar-refractivity contribution in [2.24, 2.45) is 5.73 Å². The van der Waals surface area contributed by atoms with Crippen molar-refractivity contribution in [3.8, 4) is 0 Å². The molecule has 18 heavy (non-hydrogen) atoms. The molecule has 1 unspecified atom stereocenters. The van der Waals surface area contributed by atoms with Crippen LogP contribution in [-0.4, -0.2) is 41.6 Å². The lowest BCUT2D eigenvalue weighted by atomic mass is 10.2. The van der Waals surface area contributed by atoms with Gasteiger partial charge in [-0.15, -0.1) is 11.3 Å². The van der Waals surface area contributed by atoms with E-state index in [-0.39, 0.29) is 12.0 Å². The summed E-state index contributed by atoms with van der Waals surface area (Å²) in [7, 11) is 0. The molecular weight excluding hydrogens is 336 g/mol. The Balaban J connectivity index is 2.11. The molecule has 0 radical (unpaired) electrons. The first kappa shape index (κ1) is 13.9. The molecular formula is C11H13BrN2O2S2. The number of thiocarbonyl (C=S) groups is 1. The van der Waals surface area contributed by atoms with E-state index in [0.717, 1.165) is 14.2 Å². The number of thiophene rings is 1. The summed E-state index contributed by atoms with van der Waals surface area (Å²) >= 11 is 9.78. The highest BCUT2D eigenvalue weighted by Gasteiger charge is 2.27. The maximum absolute atomic E-state index is 12.3. The average Bonchev–Trinajstić information content (AvgIpc) is 2.69. The number of rotatable bonds is 2. The third-order valence-corrected chi connectivity index (χ3v) is 5.13. The van der Waals surface area contributed by atoms with Crippen LogP contribution in [0.15, 0.2) is 9.85 Å². The Labute approximate surface area is 123 Å². The van der Waals surface area contributed by atoms with Gasteiger partial charge in [-0.2, -0.15) is 0 Å². The molecule has 1 saturated heterocycles. The molecule has 7 heteroatoms. The molecule has 1 atom stereocenters. The zero-order valence-electron chi connectivity index (χ0n) is 9.81. The quantitative estimate of drug-likeness (QED) is 0.830. The van der Waals surface area contributed by atoms with E-state index in [2.05, 4.69) is 15.9 Å². The molecule has 1 aliphatic heterocycles. The van der Waals surface area contributed by atoms with Gasteiger partial charge in [-0.25, -0.2) is 0 Å². The normalized spacial score (nSPS) is 19.9. The van der Waals surface area contributed by atoms with Gasteiger partial charge in [0.15, 0.2) is 0 Å². The Morgan fingerprint density at radius 3 is 3.00 bits per heavy atom. The molecule has 2 heterocycles. The van der Waals surface area contributed by atoms with Crippen molar-refractivity contribution in [3.63, 3.8) is 0 Å². The monoisotopic (exact) mass is 348 g/mol. The van der Waals surface area contributed by atoms with Crippen LogP contribution >= 0.6 is 39.5 Å². The molecule has 4 nitrogen and oxygen atoms in total. The lowest BCUT2D eigenvalue weighted by Gasteiger charge is -2.32. The van der Waals surface area contributed by atoms with Gasteiger partial charge in [0.2, 0.25) is 0 Å². The molecule has 2 N–H and O–H groups in total. The number of ether oxygens (including phenoxy) is 1. The second-order valence-electron chi connectivity index (χ2n) is 4.08. The summed E-state index contributed by atoms with van der Waals surface area (Å²) in [5.41, 5.74) is 6.63. The molecule has 0 aliphatic carbocycles. The summed E-state index contributed by atoms with van der Waals surface area (Å²) in [5, 5.41) is 0. The SMILES string of the molecule is Cc1cc(C(=O)N2CCOC(C(N)=S)C2)sc1Br. The van der Waals surface area contributed by atoms with Crippen molar-refractivity contribution < 1.29 is 9.53 Å². The smallest absolute Gasteiger partial charge is 0.264 e. The van der Waals surface area contributed by atoms with Crippen LogP contribution in [0.4, 0.5) is 0 Å². The molecule has 1 aromatic rings. The second-order valence-corrected chi connectivity index (χ2v) is 6.92. The first-order valence-electron chi connectivity index (χ1n) is 5.45. The van der Waals surface area contributed by atoms with E-state index >= 15 is 0 Å². The lowest BCUT2D eigenvalue weighted by Crippen LogP contribution is -2.49. The topological polar surface area (TPSA) is 55.6 Å². The standard InChI is InChI=1S/C11H13BrN2O2S2/c1-6-4-8(18-9(6)12)11(15)14-2-3-16-7(5-14)10(13)17/h4,7H,2-3,5H2,1H3,(H2,13,17). The van der Waals surface area contributed by atoms with Crippen molar-refractivity contribution >= 4 is 50.4 Å². The molecule has 1 fully saturated rings. The molecule has 2 rings (SSSR count). The highest BCUT2D eigenvalue weighted by molar-refractivity contribution is 9.11. The van der Waals surface area contributed by atoms with Crippen molar-refractivity contribution in [1.82, 2.24) is 4.90 Å². The van der Waals surface area contributed by atoms with Crippen molar-refractivity contribution in [3.05, 3.63) is 20.3 Å². The van der Waals surface area contributed by atoms with Gasteiger partial charge in [-0.1, -0.05) is 12.2 Å². The largest absolute Gasteiger partial charge is 0.391 e. The van der Waals surface area contributed by atoms with Gasteiger partial charge in [-0.05, 0) is 34.5 Å². The summed E-state index contributed by atoms with van der Waals surface area (Å²) in [5.74, 6) is 0.0124. The summed E-state index contributed by atoms with van der Waals surface area (Å²) in [6, 6.07) is 1.89. The van der Waals surface area contributed by atoms with E-state index in [1.54, 1.807) is 4.90 Å². The number of morpholine rings is 1. The first-order valence-corrected chi connectivity index (χ1v) is 7.47. The molecule has 1 aromatic heterocycles. The number of carbonyl (C=O) groups excluding carboxylic acids is 1. The van der Waals surface area contributed by atoms with E-state index < -0.39 is 0 Å². The third kappa shape index (κ3) is 2.90. The fourth-order valence-corrected chi connectivity index (χ4v) is 3.37. The maximum Gasteiger partial charge on any atom is 0.264 e. The Hall–Kier alpha value is -0.500. The number of nitrogens with two attached hydrogens (primary N) is 1. The van der Waals surface area contributed by atoms with Crippen molar-refractivity contribution in [1.29, 1.82) is 0 Å². The maximum atomic E-state index is 12.3. The van der Waals surface area contributed by atoms with Crippen molar-refractivity contribution in [2.45, 2.75) is 13.0 Å². The van der Waals surface area contributed by atoms with Gasteiger partial charge < -0.3 is 15.4 Å². The van der Waals surface area contributed by atoms with Crippen LogP contribution in [0.1, 0.15) is 15.2 Å². The average molecular weight is 349 g/mol. The number of hydrogen-bond acceptors (Lipinski definition) is 4. The van der Waals surface area contributed by atoms with E-state index in [9.17, 15) is 4.79 Å². The zero-order valence-corrected chi connectivity index (χ0v) is 13.0. The summed E-state index contributed by atoms with van der Waals surface area (Å²) in [4.78, 5) is 15.1. The van der Waals surface area contributed by atoms with E-state index in [1.807, 2.05) is 13.0 Å². The van der Waals surface area contributed by atoms with Crippen LogP contribution in [0.5, 0.6) is 0 Å². The highest BCUT2D eigenvalue weighted by Crippen LogP contribution is 2.28. The van der Waals surface area contributed by atoms with Crippen LogP contribution in [0.25, 0.3) is 0 Å². The Morgan fingerprint density at radius 1 is 1.72 bits per heavy atom. The molecule has 0 bridgehead atoms. The lowest BCUT2D eigenvalue weighted by molar-refractivity contribution is 0.00903. The minimum absolute atomic E-state index is 0.0124. The number of carbonyl (C=O) groups is 1. The van der Waals surface area contributed by atoms with Gasteiger partial charge >= 0.3 is 0 Å². The van der Waals surface area contributed by atoms with E-state index in [0.29, 0.717) is 24.7 Å². The molecule has 1 amide bonds. The summed E-state index contributed by atoms with van der Waals surface area (Å²) < 4.78 is 6.41. The van der Waals surface area contributed by atoms with Gasteiger partial charge in [-0.3, -0.25) is 4.79 Å². The number of aryl methyl sites for hydroxylation is 1. The fraction of sp³-hybridized carbons (Fsp3) is 0.455. The molecule has 0 saturated carbocycles. The van der Waals surface area contributed by atoms with Crippen LogP contribution in [0, 0.1) is 6.92 Å². The second kappa shape index (κ2) is 5.64. The minimum atomic E-state index is -0.331. The predicted octanol–water partition coefficient (Wildman–Crippen LogP) is 1.95. The number of nitrogens with zero attached hydrogens (tertiary/aromatic N) is 1. The molecule has 0 spiro atoms. The molecule has 1 aliphatic rings. The third-order valence-electron chi connectivity index (χ3n) is 2.74. The van der Waals surface area contributed by atoms with Gasteiger partial charge in [0.1, 0.15) is 11.1 Å². The molecule has 0 aromatic carbocycles. The van der Waals surface area contributed by atoms with E-state index in [1.165, 1.54) is 11.3 Å². The van der Waals surface area contributed by atoms with Gasteiger partial charge in [0, 0.05) is 6.54 Å². The van der Waals surface area contributed by atoms with Crippen LogP contribution in [0.2, 0.25) is 0 Å². The van der Waals surface area contributed by atoms with Gasteiger partial charge in [0.25, 0.3) is 5.91 Å². The van der Waals surface area contributed by atoms with Gasteiger partial charge in [0.05, 0.1) is 21.8 Å².